The van der Waals surface area contributed by atoms with Crippen LogP contribution in [0.3, 0.4) is 0 Å². The average Bonchev–Trinajstić information content (AvgIpc) is 2.80. The minimum atomic E-state index is -0.648. The molecule has 0 aliphatic carbocycles. The van der Waals surface area contributed by atoms with Crippen molar-refractivity contribution in [3.8, 4) is 0 Å². The number of aliphatic hydroxyl groups is 1. The Morgan fingerprint density at radius 1 is 1.18 bits per heavy atom. The summed E-state index contributed by atoms with van der Waals surface area (Å²) in [7, 11) is 2.53. The van der Waals surface area contributed by atoms with Gasteiger partial charge in [0.25, 0.3) is 0 Å². The van der Waals surface area contributed by atoms with Crippen molar-refractivity contribution in [2.45, 2.75) is 6.92 Å². The SMILES string of the molecule is COC(=O)C1=C(O)C(=Cc2cccc(C(=O)OC)c2)N=C1C. The summed E-state index contributed by atoms with van der Waals surface area (Å²) < 4.78 is 9.27. The van der Waals surface area contributed by atoms with E-state index in [0.717, 1.165) is 0 Å². The second-order valence-electron chi connectivity index (χ2n) is 4.56. The first-order chi connectivity index (χ1) is 10.5. The van der Waals surface area contributed by atoms with Crippen LogP contribution in [0.1, 0.15) is 22.8 Å². The average molecular weight is 301 g/mol. The molecule has 1 aliphatic rings. The van der Waals surface area contributed by atoms with Crippen molar-refractivity contribution < 1.29 is 24.2 Å². The first-order valence-corrected chi connectivity index (χ1v) is 6.45. The molecule has 0 amide bonds. The van der Waals surface area contributed by atoms with Gasteiger partial charge < -0.3 is 14.6 Å². The first kappa shape index (κ1) is 15.5. The van der Waals surface area contributed by atoms with E-state index in [2.05, 4.69) is 14.5 Å². The van der Waals surface area contributed by atoms with Gasteiger partial charge in [0, 0.05) is 0 Å². The zero-order valence-electron chi connectivity index (χ0n) is 12.4. The van der Waals surface area contributed by atoms with Crippen molar-refractivity contribution in [1.82, 2.24) is 0 Å². The third-order valence-electron chi connectivity index (χ3n) is 3.13. The van der Waals surface area contributed by atoms with Crippen molar-refractivity contribution in [1.29, 1.82) is 0 Å². The molecule has 0 bridgehead atoms. The monoisotopic (exact) mass is 301 g/mol. The van der Waals surface area contributed by atoms with Gasteiger partial charge in [0.05, 0.1) is 25.5 Å². The number of benzene rings is 1. The largest absolute Gasteiger partial charge is 0.505 e. The quantitative estimate of drug-likeness (QED) is 0.866. The first-order valence-electron chi connectivity index (χ1n) is 6.45. The lowest BCUT2D eigenvalue weighted by atomic mass is 10.1. The van der Waals surface area contributed by atoms with E-state index < -0.39 is 11.9 Å². The number of hydrogen-bond acceptors (Lipinski definition) is 6. The molecule has 1 N–H and O–H groups in total. The van der Waals surface area contributed by atoms with Gasteiger partial charge in [-0.1, -0.05) is 12.1 Å². The van der Waals surface area contributed by atoms with Crippen LogP contribution >= 0.6 is 0 Å². The van der Waals surface area contributed by atoms with Crippen LogP contribution in [0.2, 0.25) is 0 Å². The maximum atomic E-state index is 11.6. The molecule has 0 fully saturated rings. The molecule has 1 aromatic rings. The molecule has 1 aromatic carbocycles. The number of aliphatic hydroxyl groups excluding tert-OH is 1. The Morgan fingerprint density at radius 2 is 1.86 bits per heavy atom. The third kappa shape index (κ3) is 2.90. The van der Waals surface area contributed by atoms with Crippen molar-refractivity contribution >= 4 is 23.7 Å². The van der Waals surface area contributed by atoms with Crippen LogP contribution in [-0.4, -0.2) is 37.0 Å². The summed E-state index contributed by atoms with van der Waals surface area (Å²) in [5, 5.41) is 10.1. The molecule has 0 radical (unpaired) electrons. The Kier molecular flexibility index (Phi) is 4.41. The standard InChI is InChI=1S/C16H15NO5/c1-9-13(16(20)22-3)14(18)12(17-9)8-10-5-4-6-11(7-10)15(19)21-2/h4-8,18H,1-3H3. The van der Waals surface area contributed by atoms with E-state index in [9.17, 15) is 14.7 Å². The maximum Gasteiger partial charge on any atom is 0.343 e. The lowest BCUT2D eigenvalue weighted by Gasteiger charge is -2.02. The van der Waals surface area contributed by atoms with E-state index >= 15 is 0 Å². The smallest absolute Gasteiger partial charge is 0.343 e. The Labute approximate surface area is 127 Å². The van der Waals surface area contributed by atoms with Gasteiger partial charge in [-0.2, -0.15) is 0 Å². The van der Waals surface area contributed by atoms with E-state index in [1.54, 1.807) is 37.3 Å². The molecule has 2 rings (SSSR count). The summed E-state index contributed by atoms with van der Waals surface area (Å²) in [4.78, 5) is 27.3. The summed E-state index contributed by atoms with van der Waals surface area (Å²) in [6.07, 6.45) is 1.57. The zero-order chi connectivity index (χ0) is 16.3. The third-order valence-corrected chi connectivity index (χ3v) is 3.13. The molecular formula is C16H15NO5. The van der Waals surface area contributed by atoms with Gasteiger partial charge in [0.2, 0.25) is 0 Å². The number of ether oxygens (including phenoxy) is 2. The number of carbonyl (C=O) groups is 2. The van der Waals surface area contributed by atoms with Crippen molar-refractivity contribution in [2.75, 3.05) is 14.2 Å². The fourth-order valence-electron chi connectivity index (χ4n) is 2.07. The van der Waals surface area contributed by atoms with Crippen LogP contribution in [0, 0.1) is 0 Å². The highest BCUT2D eigenvalue weighted by Crippen LogP contribution is 2.26. The Morgan fingerprint density at radius 3 is 2.50 bits per heavy atom. The molecule has 1 aliphatic heterocycles. The molecular weight excluding hydrogens is 286 g/mol. The predicted molar refractivity (Wildman–Crippen MR) is 80.5 cm³/mol. The fourth-order valence-corrected chi connectivity index (χ4v) is 2.07. The minimum Gasteiger partial charge on any atom is -0.505 e. The maximum absolute atomic E-state index is 11.6. The predicted octanol–water partition coefficient (Wildman–Crippen LogP) is 2.27. The van der Waals surface area contributed by atoms with Crippen molar-refractivity contribution in [2.24, 2.45) is 4.99 Å². The van der Waals surface area contributed by atoms with Crippen LogP contribution in [0.25, 0.3) is 6.08 Å². The summed E-state index contributed by atoms with van der Waals surface area (Å²) >= 11 is 0. The highest BCUT2D eigenvalue weighted by atomic mass is 16.5. The Balaban J connectivity index is 2.41. The molecule has 0 atom stereocenters. The van der Waals surface area contributed by atoms with Gasteiger partial charge in [-0.3, -0.25) is 0 Å². The van der Waals surface area contributed by atoms with Gasteiger partial charge in [0.15, 0.2) is 5.76 Å². The van der Waals surface area contributed by atoms with Gasteiger partial charge in [-0.25, -0.2) is 14.6 Å². The van der Waals surface area contributed by atoms with E-state index in [1.165, 1.54) is 14.2 Å². The highest BCUT2D eigenvalue weighted by Gasteiger charge is 2.27. The zero-order valence-corrected chi connectivity index (χ0v) is 12.4. The van der Waals surface area contributed by atoms with Gasteiger partial charge in [-0.15, -0.1) is 0 Å². The molecule has 0 saturated heterocycles. The van der Waals surface area contributed by atoms with Crippen LogP contribution in [0.5, 0.6) is 0 Å². The van der Waals surface area contributed by atoms with Crippen LogP contribution in [-0.2, 0) is 14.3 Å². The lowest BCUT2D eigenvalue weighted by molar-refractivity contribution is -0.135. The van der Waals surface area contributed by atoms with E-state index in [0.29, 0.717) is 16.8 Å². The number of methoxy groups -OCH3 is 2. The number of hydrogen-bond donors (Lipinski definition) is 1. The van der Waals surface area contributed by atoms with Crippen molar-refractivity contribution in [3.63, 3.8) is 0 Å². The molecule has 1 heterocycles. The number of aliphatic imine (C=N–C) groups is 1. The molecule has 6 heteroatoms. The summed E-state index contributed by atoms with van der Waals surface area (Å²) in [6, 6.07) is 6.65. The van der Waals surface area contributed by atoms with Crippen LogP contribution in [0.15, 0.2) is 46.3 Å². The molecule has 0 spiro atoms. The lowest BCUT2D eigenvalue weighted by Crippen LogP contribution is -2.11. The number of rotatable bonds is 3. The van der Waals surface area contributed by atoms with Crippen LogP contribution < -0.4 is 0 Å². The van der Waals surface area contributed by atoms with Gasteiger partial charge >= 0.3 is 11.9 Å². The number of nitrogens with zero attached hydrogens (tertiary/aromatic N) is 1. The summed E-state index contributed by atoms with van der Waals surface area (Å²) in [6.45, 7) is 1.61. The molecule has 22 heavy (non-hydrogen) atoms. The van der Waals surface area contributed by atoms with Crippen LogP contribution in [0.4, 0.5) is 0 Å². The number of esters is 2. The molecule has 0 aromatic heterocycles. The Bertz CT molecular complexity index is 728. The second-order valence-corrected chi connectivity index (χ2v) is 4.56. The van der Waals surface area contributed by atoms with Crippen molar-refractivity contribution in [3.05, 3.63) is 52.4 Å². The molecule has 0 unspecified atom stereocenters. The van der Waals surface area contributed by atoms with Gasteiger partial charge in [0.1, 0.15) is 11.3 Å². The van der Waals surface area contributed by atoms with Gasteiger partial charge in [-0.05, 0) is 30.7 Å². The number of carbonyl (C=O) groups excluding carboxylic acids is 2. The molecule has 114 valence electrons. The van der Waals surface area contributed by atoms with E-state index in [4.69, 9.17) is 0 Å². The topological polar surface area (TPSA) is 85.2 Å². The normalized spacial score (nSPS) is 15.8. The van der Waals surface area contributed by atoms with E-state index in [-0.39, 0.29) is 17.0 Å². The Hall–Kier alpha value is -2.89. The highest BCUT2D eigenvalue weighted by molar-refractivity contribution is 6.22. The minimum absolute atomic E-state index is 0.0397. The summed E-state index contributed by atoms with van der Waals surface area (Å²) in [5.74, 6) is -1.35. The second kappa shape index (κ2) is 6.26. The fraction of sp³-hybridized carbons (Fsp3) is 0.188. The molecule has 0 saturated carbocycles. The summed E-state index contributed by atoms with van der Waals surface area (Å²) in [5.41, 5.74) is 1.68. The van der Waals surface area contributed by atoms with E-state index in [1.807, 2.05) is 0 Å². The molecule has 6 nitrogen and oxygen atoms in total.